The second-order valence-corrected chi connectivity index (χ2v) is 5.25. The Hall–Kier alpha value is -1.62. The molecule has 2 heterocycles. The SMILES string of the molecule is CN(C)c1ccc(NC(=O)CC2CCNCC2)cn1. The highest BCUT2D eigenvalue weighted by Gasteiger charge is 2.16. The second kappa shape index (κ2) is 6.52. The summed E-state index contributed by atoms with van der Waals surface area (Å²) in [5, 5.41) is 6.22. The maximum absolute atomic E-state index is 11.9. The number of nitrogens with zero attached hydrogens (tertiary/aromatic N) is 2. The number of amides is 1. The number of rotatable bonds is 4. The van der Waals surface area contributed by atoms with Crippen molar-refractivity contribution in [3.63, 3.8) is 0 Å². The third kappa shape index (κ3) is 4.21. The van der Waals surface area contributed by atoms with Crippen molar-refractivity contribution in [1.82, 2.24) is 10.3 Å². The number of nitrogens with one attached hydrogen (secondary N) is 2. The van der Waals surface area contributed by atoms with Crippen molar-refractivity contribution in [2.45, 2.75) is 19.3 Å². The van der Waals surface area contributed by atoms with Gasteiger partial charge in [0.1, 0.15) is 5.82 Å². The number of hydrogen-bond donors (Lipinski definition) is 2. The second-order valence-electron chi connectivity index (χ2n) is 5.25. The Kier molecular flexibility index (Phi) is 4.74. The van der Waals surface area contributed by atoms with Crippen LogP contribution in [0.2, 0.25) is 0 Å². The molecular weight excluding hydrogens is 240 g/mol. The molecule has 19 heavy (non-hydrogen) atoms. The minimum atomic E-state index is 0.0892. The van der Waals surface area contributed by atoms with Crippen molar-refractivity contribution < 1.29 is 4.79 Å². The monoisotopic (exact) mass is 262 g/mol. The first-order valence-corrected chi connectivity index (χ1v) is 6.79. The summed E-state index contributed by atoms with van der Waals surface area (Å²) >= 11 is 0. The van der Waals surface area contributed by atoms with E-state index < -0.39 is 0 Å². The Balaban J connectivity index is 1.84. The van der Waals surface area contributed by atoms with E-state index in [2.05, 4.69) is 15.6 Å². The normalized spacial score (nSPS) is 16.1. The molecule has 1 aliphatic rings. The molecule has 0 spiro atoms. The highest BCUT2D eigenvalue weighted by molar-refractivity contribution is 5.90. The number of piperidine rings is 1. The summed E-state index contributed by atoms with van der Waals surface area (Å²) in [6.07, 6.45) is 4.49. The van der Waals surface area contributed by atoms with Gasteiger partial charge in [-0.05, 0) is 44.0 Å². The minimum absolute atomic E-state index is 0.0892. The Labute approximate surface area is 114 Å². The average molecular weight is 262 g/mol. The highest BCUT2D eigenvalue weighted by Crippen LogP contribution is 2.17. The third-order valence-electron chi connectivity index (χ3n) is 3.42. The van der Waals surface area contributed by atoms with Gasteiger partial charge >= 0.3 is 0 Å². The Morgan fingerprint density at radius 2 is 2.16 bits per heavy atom. The van der Waals surface area contributed by atoms with E-state index >= 15 is 0 Å². The van der Waals surface area contributed by atoms with E-state index in [4.69, 9.17) is 0 Å². The lowest BCUT2D eigenvalue weighted by atomic mass is 9.94. The van der Waals surface area contributed by atoms with Gasteiger partial charge in [0.25, 0.3) is 0 Å². The van der Waals surface area contributed by atoms with Crippen LogP contribution < -0.4 is 15.5 Å². The lowest BCUT2D eigenvalue weighted by Crippen LogP contribution is -2.30. The number of anilines is 2. The van der Waals surface area contributed by atoms with Crippen molar-refractivity contribution in [1.29, 1.82) is 0 Å². The van der Waals surface area contributed by atoms with E-state index in [0.717, 1.165) is 37.4 Å². The van der Waals surface area contributed by atoms with Crippen LogP contribution in [0.4, 0.5) is 11.5 Å². The molecule has 1 fully saturated rings. The number of carbonyl (C=O) groups excluding carboxylic acids is 1. The van der Waals surface area contributed by atoms with Crippen LogP contribution in [0.25, 0.3) is 0 Å². The van der Waals surface area contributed by atoms with Crippen LogP contribution in [-0.4, -0.2) is 38.1 Å². The average Bonchev–Trinajstić information content (AvgIpc) is 2.40. The molecule has 2 rings (SSSR count). The van der Waals surface area contributed by atoms with E-state index in [0.29, 0.717) is 12.3 Å². The molecule has 0 atom stereocenters. The van der Waals surface area contributed by atoms with Gasteiger partial charge in [-0.3, -0.25) is 4.79 Å². The maximum atomic E-state index is 11.9. The Morgan fingerprint density at radius 3 is 2.74 bits per heavy atom. The lowest BCUT2D eigenvalue weighted by Gasteiger charge is -2.21. The van der Waals surface area contributed by atoms with Crippen molar-refractivity contribution in [2.75, 3.05) is 37.4 Å². The molecule has 1 aliphatic heterocycles. The zero-order valence-corrected chi connectivity index (χ0v) is 11.6. The van der Waals surface area contributed by atoms with Crippen molar-refractivity contribution in [2.24, 2.45) is 5.92 Å². The molecule has 104 valence electrons. The molecule has 1 aromatic heterocycles. The Morgan fingerprint density at radius 1 is 1.42 bits per heavy atom. The van der Waals surface area contributed by atoms with Gasteiger partial charge in [0.05, 0.1) is 11.9 Å². The van der Waals surface area contributed by atoms with Crippen LogP contribution in [0.5, 0.6) is 0 Å². The maximum Gasteiger partial charge on any atom is 0.224 e. The van der Waals surface area contributed by atoms with Crippen LogP contribution in [-0.2, 0) is 4.79 Å². The first kappa shape index (κ1) is 13.8. The van der Waals surface area contributed by atoms with Gasteiger partial charge < -0.3 is 15.5 Å². The summed E-state index contributed by atoms with van der Waals surface area (Å²) in [5.41, 5.74) is 0.768. The van der Waals surface area contributed by atoms with Gasteiger partial charge in [-0.2, -0.15) is 0 Å². The summed E-state index contributed by atoms with van der Waals surface area (Å²) in [6, 6.07) is 3.79. The lowest BCUT2D eigenvalue weighted by molar-refractivity contribution is -0.117. The van der Waals surface area contributed by atoms with Crippen LogP contribution in [0.3, 0.4) is 0 Å². The Bertz CT molecular complexity index is 410. The molecule has 0 unspecified atom stereocenters. The van der Waals surface area contributed by atoms with E-state index in [1.807, 2.05) is 31.1 Å². The third-order valence-corrected chi connectivity index (χ3v) is 3.42. The summed E-state index contributed by atoms with van der Waals surface area (Å²) < 4.78 is 0. The summed E-state index contributed by atoms with van der Waals surface area (Å²) in [4.78, 5) is 18.1. The standard InChI is InChI=1S/C14H22N4O/c1-18(2)13-4-3-12(10-16-13)17-14(19)9-11-5-7-15-8-6-11/h3-4,10-11,15H,5-9H2,1-2H3,(H,17,19). The number of carbonyl (C=O) groups is 1. The molecule has 0 radical (unpaired) electrons. The molecule has 1 amide bonds. The van der Waals surface area contributed by atoms with Crippen LogP contribution in [0.1, 0.15) is 19.3 Å². The van der Waals surface area contributed by atoms with Gasteiger partial charge in [-0.15, -0.1) is 0 Å². The fourth-order valence-corrected chi connectivity index (χ4v) is 2.28. The molecule has 0 aromatic carbocycles. The molecule has 0 bridgehead atoms. The van der Waals surface area contributed by atoms with Gasteiger partial charge in [-0.1, -0.05) is 0 Å². The first-order chi connectivity index (χ1) is 9.15. The summed E-state index contributed by atoms with van der Waals surface area (Å²) in [6.45, 7) is 2.05. The van der Waals surface area contributed by atoms with Gasteiger partial charge in [0.2, 0.25) is 5.91 Å². The molecule has 0 saturated carbocycles. The minimum Gasteiger partial charge on any atom is -0.363 e. The van der Waals surface area contributed by atoms with Crippen LogP contribution >= 0.6 is 0 Å². The first-order valence-electron chi connectivity index (χ1n) is 6.79. The molecule has 0 aliphatic carbocycles. The number of hydrogen-bond acceptors (Lipinski definition) is 4. The molecular formula is C14H22N4O. The smallest absolute Gasteiger partial charge is 0.224 e. The quantitative estimate of drug-likeness (QED) is 0.863. The molecule has 5 nitrogen and oxygen atoms in total. The fraction of sp³-hybridized carbons (Fsp3) is 0.571. The molecule has 1 aromatic rings. The topological polar surface area (TPSA) is 57.3 Å². The molecule has 1 saturated heterocycles. The van der Waals surface area contributed by atoms with Crippen molar-refractivity contribution >= 4 is 17.4 Å². The number of aromatic nitrogens is 1. The van der Waals surface area contributed by atoms with E-state index in [1.54, 1.807) is 6.20 Å². The highest BCUT2D eigenvalue weighted by atomic mass is 16.1. The zero-order chi connectivity index (χ0) is 13.7. The van der Waals surface area contributed by atoms with Crippen molar-refractivity contribution in [3.05, 3.63) is 18.3 Å². The zero-order valence-electron chi connectivity index (χ0n) is 11.6. The predicted molar refractivity (Wildman–Crippen MR) is 77.4 cm³/mol. The van der Waals surface area contributed by atoms with Gasteiger partial charge in [0, 0.05) is 20.5 Å². The van der Waals surface area contributed by atoms with Crippen LogP contribution in [0, 0.1) is 5.92 Å². The summed E-state index contributed by atoms with van der Waals surface area (Å²) in [7, 11) is 3.88. The van der Waals surface area contributed by atoms with E-state index in [-0.39, 0.29) is 5.91 Å². The van der Waals surface area contributed by atoms with E-state index in [1.165, 1.54) is 0 Å². The fourth-order valence-electron chi connectivity index (χ4n) is 2.28. The predicted octanol–water partition coefficient (Wildman–Crippen LogP) is 1.48. The molecule has 5 heteroatoms. The summed E-state index contributed by atoms with van der Waals surface area (Å²) in [5.74, 6) is 1.48. The van der Waals surface area contributed by atoms with Gasteiger partial charge in [0.15, 0.2) is 0 Å². The van der Waals surface area contributed by atoms with Gasteiger partial charge in [-0.25, -0.2) is 4.98 Å². The van der Waals surface area contributed by atoms with Crippen molar-refractivity contribution in [3.8, 4) is 0 Å². The largest absolute Gasteiger partial charge is 0.363 e. The van der Waals surface area contributed by atoms with E-state index in [9.17, 15) is 4.79 Å². The van der Waals surface area contributed by atoms with Crippen LogP contribution in [0.15, 0.2) is 18.3 Å². The molecule has 2 N–H and O–H groups in total. The number of pyridine rings is 1.